The SMILES string of the molecule is CCN1CCC(N)CC1Oc1ccc(Cc2ccccc2)cc1. The minimum absolute atomic E-state index is 0.101. The van der Waals surface area contributed by atoms with Crippen LogP contribution in [0.25, 0.3) is 0 Å². The summed E-state index contributed by atoms with van der Waals surface area (Å²) in [5.41, 5.74) is 8.73. The average Bonchev–Trinajstić information content (AvgIpc) is 2.58. The molecule has 2 aromatic carbocycles. The summed E-state index contributed by atoms with van der Waals surface area (Å²) in [4.78, 5) is 2.36. The van der Waals surface area contributed by atoms with Gasteiger partial charge in [0.25, 0.3) is 0 Å². The van der Waals surface area contributed by atoms with Gasteiger partial charge in [-0.15, -0.1) is 0 Å². The minimum Gasteiger partial charge on any atom is -0.475 e. The maximum atomic E-state index is 6.18. The Hall–Kier alpha value is -1.84. The van der Waals surface area contributed by atoms with Gasteiger partial charge in [0.1, 0.15) is 5.75 Å². The highest BCUT2D eigenvalue weighted by Crippen LogP contribution is 2.22. The number of ether oxygens (including phenoxy) is 1. The molecule has 122 valence electrons. The fourth-order valence-corrected chi connectivity index (χ4v) is 3.16. The maximum absolute atomic E-state index is 6.18. The second-order valence-corrected chi connectivity index (χ2v) is 6.29. The fraction of sp³-hybridized carbons (Fsp3) is 0.400. The van der Waals surface area contributed by atoms with E-state index in [-0.39, 0.29) is 12.3 Å². The van der Waals surface area contributed by atoms with E-state index >= 15 is 0 Å². The van der Waals surface area contributed by atoms with Crippen LogP contribution in [0.1, 0.15) is 30.9 Å². The first kappa shape index (κ1) is 16.0. The van der Waals surface area contributed by atoms with Gasteiger partial charge in [-0.25, -0.2) is 0 Å². The second kappa shape index (κ2) is 7.62. The number of nitrogens with zero attached hydrogens (tertiary/aromatic N) is 1. The van der Waals surface area contributed by atoms with Crippen LogP contribution in [0.5, 0.6) is 5.75 Å². The third-order valence-electron chi connectivity index (χ3n) is 4.55. The van der Waals surface area contributed by atoms with Gasteiger partial charge in [-0.05, 0) is 42.6 Å². The maximum Gasteiger partial charge on any atom is 0.154 e. The molecule has 0 aliphatic carbocycles. The predicted octanol–water partition coefficient (Wildman–Crippen LogP) is 3.43. The van der Waals surface area contributed by atoms with Crippen LogP contribution in [-0.4, -0.2) is 30.3 Å². The number of nitrogens with two attached hydrogens (primary N) is 1. The van der Waals surface area contributed by atoms with Crippen molar-refractivity contribution in [2.45, 2.75) is 38.5 Å². The summed E-state index contributed by atoms with van der Waals surface area (Å²) in [6.45, 7) is 4.20. The molecule has 1 aliphatic rings. The largest absolute Gasteiger partial charge is 0.475 e. The Balaban J connectivity index is 1.62. The lowest BCUT2D eigenvalue weighted by Gasteiger charge is -2.37. The molecule has 3 nitrogen and oxygen atoms in total. The molecule has 0 saturated carbocycles. The molecule has 0 spiro atoms. The molecule has 0 amide bonds. The molecular formula is C20H26N2O. The molecule has 2 aromatic rings. The lowest BCUT2D eigenvalue weighted by atomic mass is 10.0. The van der Waals surface area contributed by atoms with Gasteiger partial charge in [0.05, 0.1) is 0 Å². The number of piperidine rings is 1. The van der Waals surface area contributed by atoms with E-state index in [1.54, 1.807) is 0 Å². The summed E-state index contributed by atoms with van der Waals surface area (Å²) in [7, 11) is 0. The van der Waals surface area contributed by atoms with E-state index in [2.05, 4.69) is 66.4 Å². The summed E-state index contributed by atoms with van der Waals surface area (Å²) >= 11 is 0. The van der Waals surface area contributed by atoms with Gasteiger partial charge in [0, 0.05) is 19.0 Å². The van der Waals surface area contributed by atoms with Crippen LogP contribution in [0.2, 0.25) is 0 Å². The summed E-state index contributed by atoms with van der Waals surface area (Å²) < 4.78 is 6.18. The Bertz CT molecular complexity index is 597. The van der Waals surface area contributed by atoms with E-state index in [0.717, 1.165) is 38.1 Å². The molecule has 1 aliphatic heterocycles. The van der Waals surface area contributed by atoms with Crippen LogP contribution in [0, 0.1) is 0 Å². The molecule has 0 radical (unpaired) electrons. The van der Waals surface area contributed by atoms with E-state index < -0.39 is 0 Å². The van der Waals surface area contributed by atoms with Crippen molar-refractivity contribution in [3.05, 3.63) is 65.7 Å². The van der Waals surface area contributed by atoms with E-state index in [4.69, 9.17) is 10.5 Å². The Morgan fingerprint density at radius 1 is 1.04 bits per heavy atom. The van der Waals surface area contributed by atoms with E-state index in [9.17, 15) is 0 Å². The molecule has 1 saturated heterocycles. The predicted molar refractivity (Wildman–Crippen MR) is 94.6 cm³/mol. The van der Waals surface area contributed by atoms with Gasteiger partial charge in [-0.1, -0.05) is 49.4 Å². The zero-order chi connectivity index (χ0) is 16.1. The normalized spacial score (nSPS) is 22.0. The zero-order valence-electron chi connectivity index (χ0n) is 13.8. The van der Waals surface area contributed by atoms with E-state index in [1.165, 1.54) is 11.1 Å². The Kier molecular flexibility index (Phi) is 5.31. The minimum atomic E-state index is 0.101. The third kappa shape index (κ3) is 4.34. The number of likely N-dealkylation sites (tertiary alicyclic amines) is 1. The smallest absolute Gasteiger partial charge is 0.154 e. The quantitative estimate of drug-likeness (QED) is 0.919. The molecule has 1 heterocycles. The lowest BCUT2D eigenvalue weighted by Crippen LogP contribution is -2.49. The van der Waals surface area contributed by atoms with Gasteiger partial charge in [0.2, 0.25) is 0 Å². The Labute approximate surface area is 139 Å². The highest BCUT2D eigenvalue weighted by Gasteiger charge is 2.26. The molecule has 1 fully saturated rings. The van der Waals surface area contributed by atoms with Crippen LogP contribution in [-0.2, 0) is 6.42 Å². The fourth-order valence-electron chi connectivity index (χ4n) is 3.16. The van der Waals surface area contributed by atoms with Crippen molar-refractivity contribution in [3.63, 3.8) is 0 Å². The topological polar surface area (TPSA) is 38.5 Å². The highest BCUT2D eigenvalue weighted by molar-refractivity contribution is 5.31. The van der Waals surface area contributed by atoms with Crippen molar-refractivity contribution in [2.75, 3.05) is 13.1 Å². The van der Waals surface area contributed by atoms with Gasteiger partial charge in [-0.2, -0.15) is 0 Å². The molecule has 0 aromatic heterocycles. The first-order valence-electron chi connectivity index (χ1n) is 8.53. The van der Waals surface area contributed by atoms with Crippen molar-refractivity contribution >= 4 is 0 Å². The van der Waals surface area contributed by atoms with Crippen molar-refractivity contribution < 1.29 is 4.74 Å². The molecule has 2 atom stereocenters. The van der Waals surface area contributed by atoms with Crippen LogP contribution in [0.3, 0.4) is 0 Å². The highest BCUT2D eigenvalue weighted by atomic mass is 16.5. The van der Waals surface area contributed by atoms with E-state index in [1.807, 2.05) is 0 Å². The van der Waals surface area contributed by atoms with Crippen molar-refractivity contribution in [1.29, 1.82) is 0 Å². The van der Waals surface area contributed by atoms with Crippen LogP contribution in [0.4, 0.5) is 0 Å². The van der Waals surface area contributed by atoms with Gasteiger partial charge < -0.3 is 10.5 Å². The number of benzene rings is 2. The molecule has 2 unspecified atom stereocenters. The molecular weight excluding hydrogens is 284 g/mol. The zero-order valence-corrected chi connectivity index (χ0v) is 13.8. The number of hydrogen-bond donors (Lipinski definition) is 1. The van der Waals surface area contributed by atoms with Gasteiger partial charge >= 0.3 is 0 Å². The molecule has 3 heteroatoms. The monoisotopic (exact) mass is 310 g/mol. The summed E-state index contributed by atoms with van der Waals surface area (Å²) in [5, 5.41) is 0. The number of rotatable bonds is 5. The van der Waals surface area contributed by atoms with Crippen molar-refractivity contribution in [2.24, 2.45) is 5.73 Å². The first-order chi connectivity index (χ1) is 11.2. The number of hydrogen-bond acceptors (Lipinski definition) is 3. The van der Waals surface area contributed by atoms with Crippen molar-refractivity contribution in [3.8, 4) is 5.75 Å². The Morgan fingerprint density at radius 3 is 2.43 bits per heavy atom. The molecule has 3 rings (SSSR count). The van der Waals surface area contributed by atoms with Gasteiger partial charge in [-0.3, -0.25) is 4.90 Å². The lowest BCUT2D eigenvalue weighted by molar-refractivity contribution is -0.00662. The standard InChI is InChI=1S/C20H26N2O/c1-2-22-13-12-18(21)15-20(22)23-19-10-8-17(9-11-19)14-16-6-4-3-5-7-16/h3-11,18,20H,2,12-15,21H2,1H3. The average molecular weight is 310 g/mol. The summed E-state index contributed by atoms with van der Waals surface area (Å²) in [5.74, 6) is 0.930. The van der Waals surface area contributed by atoms with Crippen LogP contribution in [0.15, 0.2) is 54.6 Å². The third-order valence-corrected chi connectivity index (χ3v) is 4.55. The Morgan fingerprint density at radius 2 is 1.74 bits per heavy atom. The summed E-state index contributed by atoms with van der Waals surface area (Å²) in [6.07, 6.45) is 3.02. The van der Waals surface area contributed by atoms with E-state index in [0.29, 0.717) is 0 Å². The van der Waals surface area contributed by atoms with Crippen LogP contribution < -0.4 is 10.5 Å². The van der Waals surface area contributed by atoms with Crippen LogP contribution >= 0.6 is 0 Å². The van der Waals surface area contributed by atoms with Gasteiger partial charge in [0.15, 0.2) is 6.23 Å². The second-order valence-electron chi connectivity index (χ2n) is 6.29. The first-order valence-corrected chi connectivity index (χ1v) is 8.53. The van der Waals surface area contributed by atoms with Crippen molar-refractivity contribution in [1.82, 2.24) is 4.90 Å². The summed E-state index contributed by atoms with van der Waals surface area (Å²) in [6, 6.07) is 19.2. The molecule has 23 heavy (non-hydrogen) atoms. The molecule has 2 N–H and O–H groups in total. The molecule has 0 bridgehead atoms.